The largest absolute Gasteiger partial charge is 0.494 e. The van der Waals surface area contributed by atoms with Gasteiger partial charge in [0.2, 0.25) is 0 Å². The summed E-state index contributed by atoms with van der Waals surface area (Å²) in [5.74, 6) is 0.689. The van der Waals surface area contributed by atoms with Crippen LogP contribution in [0.4, 0.5) is 10.2 Å². The molecule has 0 bridgehead atoms. The highest BCUT2D eigenvalue weighted by molar-refractivity contribution is 7.25. The number of hydrogen-bond donors (Lipinski definition) is 1. The Morgan fingerprint density at radius 1 is 1.20 bits per heavy atom. The lowest BCUT2D eigenvalue weighted by atomic mass is 10.1. The molecule has 7 heteroatoms. The molecule has 1 N–H and O–H groups in total. The third-order valence-electron chi connectivity index (χ3n) is 3.95. The van der Waals surface area contributed by atoms with Crippen molar-refractivity contribution in [2.24, 2.45) is 0 Å². The monoisotopic (exact) mass is 354 g/mol. The van der Waals surface area contributed by atoms with Crippen molar-refractivity contribution in [2.75, 3.05) is 19.0 Å². The summed E-state index contributed by atoms with van der Waals surface area (Å²) in [6.07, 6.45) is 4.00. The first kappa shape index (κ1) is 15.7. The molecule has 1 aromatic carbocycles. The van der Waals surface area contributed by atoms with Crippen molar-refractivity contribution in [3.8, 4) is 5.75 Å². The molecule has 0 aliphatic carbocycles. The number of nitrogens with zero attached hydrogens (tertiary/aromatic N) is 3. The number of pyridine rings is 1. The SMILES string of the molecule is COc1ccc(CCNc2ncnc3c2sc2ncccc23)cc1F. The van der Waals surface area contributed by atoms with E-state index >= 15 is 0 Å². The van der Waals surface area contributed by atoms with E-state index in [4.69, 9.17) is 4.74 Å². The van der Waals surface area contributed by atoms with E-state index in [0.717, 1.165) is 31.8 Å². The molecule has 0 saturated carbocycles. The number of ether oxygens (including phenoxy) is 1. The fourth-order valence-corrected chi connectivity index (χ4v) is 3.79. The normalized spacial score (nSPS) is 11.1. The highest BCUT2D eigenvalue weighted by atomic mass is 32.1. The number of hydrogen-bond acceptors (Lipinski definition) is 6. The first-order chi connectivity index (χ1) is 12.3. The molecule has 126 valence electrons. The van der Waals surface area contributed by atoms with Crippen LogP contribution >= 0.6 is 11.3 Å². The van der Waals surface area contributed by atoms with E-state index in [0.29, 0.717) is 13.0 Å². The number of halogens is 1. The van der Waals surface area contributed by atoms with Crippen LogP contribution in [0.25, 0.3) is 20.4 Å². The number of thiophene rings is 1. The van der Waals surface area contributed by atoms with E-state index in [9.17, 15) is 4.39 Å². The lowest BCUT2D eigenvalue weighted by Gasteiger charge is -2.07. The number of aromatic nitrogens is 3. The first-order valence-electron chi connectivity index (χ1n) is 7.81. The van der Waals surface area contributed by atoms with E-state index in [2.05, 4.69) is 20.3 Å². The quantitative estimate of drug-likeness (QED) is 0.586. The van der Waals surface area contributed by atoms with Gasteiger partial charge in [0.25, 0.3) is 0 Å². The summed E-state index contributed by atoms with van der Waals surface area (Å²) in [6, 6.07) is 8.92. The van der Waals surface area contributed by atoms with E-state index in [-0.39, 0.29) is 11.6 Å². The van der Waals surface area contributed by atoms with Crippen LogP contribution in [0, 0.1) is 5.82 Å². The molecular formula is C18H15FN4OS. The Balaban J connectivity index is 1.54. The second-order valence-electron chi connectivity index (χ2n) is 5.50. The lowest BCUT2D eigenvalue weighted by molar-refractivity contribution is 0.386. The minimum absolute atomic E-state index is 0.256. The van der Waals surface area contributed by atoms with Crippen molar-refractivity contribution >= 4 is 37.6 Å². The molecule has 3 heterocycles. The summed E-state index contributed by atoms with van der Waals surface area (Å²) >= 11 is 1.57. The highest BCUT2D eigenvalue weighted by Gasteiger charge is 2.11. The van der Waals surface area contributed by atoms with E-state index in [1.54, 1.807) is 29.9 Å². The molecule has 0 saturated heterocycles. The Morgan fingerprint density at radius 2 is 2.12 bits per heavy atom. The smallest absolute Gasteiger partial charge is 0.165 e. The molecule has 0 aliphatic rings. The molecule has 4 aromatic rings. The van der Waals surface area contributed by atoms with Crippen LogP contribution in [0.3, 0.4) is 0 Å². The van der Waals surface area contributed by atoms with Gasteiger partial charge in [0.1, 0.15) is 17.0 Å². The van der Waals surface area contributed by atoms with Crippen LogP contribution in [0.5, 0.6) is 5.75 Å². The minimum atomic E-state index is -0.347. The Labute approximate surface area is 147 Å². The van der Waals surface area contributed by atoms with Gasteiger partial charge in [-0.15, -0.1) is 11.3 Å². The maximum absolute atomic E-state index is 13.8. The molecule has 0 atom stereocenters. The van der Waals surface area contributed by atoms with Crippen molar-refractivity contribution in [2.45, 2.75) is 6.42 Å². The molecule has 0 spiro atoms. The maximum Gasteiger partial charge on any atom is 0.165 e. The van der Waals surface area contributed by atoms with Crippen molar-refractivity contribution in [3.05, 3.63) is 54.2 Å². The molecule has 4 rings (SSSR count). The van der Waals surface area contributed by atoms with E-state index < -0.39 is 0 Å². The Kier molecular flexibility index (Phi) is 4.15. The van der Waals surface area contributed by atoms with Gasteiger partial charge in [0.05, 0.1) is 17.3 Å². The fraction of sp³-hybridized carbons (Fsp3) is 0.167. The third-order valence-corrected chi connectivity index (χ3v) is 5.06. The number of rotatable bonds is 5. The fourth-order valence-electron chi connectivity index (χ4n) is 2.73. The average Bonchev–Trinajstić information content (AvgIpc) is 3.02. The van der Waals surface area contributed by atoms with Crippen LogP contribution in [-0.2, 0) is 6.42 Å². The van der Waals surface area contributed by atoms with Gasteiger partial charge < -0.3 is 10.1 Å². The van der Waals surface area contributed by atoms with Crippen molar-refractivity contribution < 1.29 is 9.13 Å². The van der Waals surface area contributed by atoms with Crippen molar-refractivity contribution in [3.63, 3.8) is 0 Å². The maximum atomic E-state index is 13.8. The number of nitrogens with one attached hydrogen (secondary N) is 1. The van der Waals surface area contributed by atoms with Crippen LogP contribution in [-0.4, -0.2) is 28.6 Å². The highest BCUT2D eigenvalue weighted by Crippen LogP contribution is 2.34. The zero-order valence-corrected chi connectivity index (χ0v) is 14.3. The van der Waals surface area contributed by atoms with Crippen LogP contribution in [0.15, 0.2) is 42.9 Å². The standard InChI is InChI=1S/C18H15FN4OS/c1-24-14-5-4-11(9-13(14)19)6-8-20-17-16-15(22-10-23-17)12-3-2-7-21-18(12)25-16/h2-5,7,9-10H,6,8H2,1H3,(H,20,22,23). The van der Waals surface area contributed by atoms with Gasteiger partial charge >= 0.3 is 0 Å². The molecule has 0 radical (unpaired) electrons. The summed E-state index contributed by atoms with van der Waals surface area (Å²) in [7, 11) is 1.46. The molecule has 25 heavy (non-hydrogen) atoms. The van der Waals surface area contributed by atoms with Crippen molar-refractivity contribution in [1.82, 2.24) is 15.0 Å². The molecular weight excluding hydrogens is 339 g/mol. The molecule has 0 aliphatic heterocycles. The minimum Gasteiger partial charge on any atom is -0.494 e. The molecule has 0 amide bonds. The zero-order valence-electron chi connectivity index (χ0n) is 13.5. The Hall–Kier alpha value is -2.80. The lowest BCUT2D eigenvalue weighted by Crippen LogP contribution is -2.07. The van der Waals surface area contributed by atoms with Crippen LogP contribution in [0.2, 0.25) is 0 Å². The van der Waals surface area contributed by atoms with Crippen molar-refractivity contribution in [1.29, 1.82) is 0 Å². The van der Waals surface area contributed by atoms with Gasteiger partial charge in [-0.3, -0.25) is 0 Å². The molecule has 3 aromatic heterocycles. The van der Waals surface area contributed by atoms with Crippen LogP contribution in [0.1, 0.15) is 5.56 Å². The van der Waals surface area contributed by atoms with E-state index in [1.807, 2.05) is 18.2 Å². The summed E-state index contributed by atoms with van der Waals surface area (Å²) < 4.78 is 19.7. The summed E-state index contributed by atoms with van der Waals surface area (Å²) in [6.45, 7) is 0.638. The number of fused-ring (bicyclic) bond motifs is 3. The van der Waals surface area contributed by atoms with E-state index in [1.165, 1.54) is 13.2 Å². The summed E-state index contributed by atoms with van der Waals surface area (Å²) in [5.41, 5.74) is 1.80. The second kappa shape index (κ2) is 6.60. The third kappa shape index (κ3) is 2.98. The topological polar surface area (TPSA) is 59.9 Å². The van der Waals surface area contributed by atoms with Gasteiger partial charge in [0.15, 0.2) is 11.6 Å². The number of benzene rings is 1. The van der Waals surface area contributed by atoms with Gasteiger partial charge in [-0.25, -0.2) is 19.3 Å². The van der Waals surface area contributed by atoms with Gasteiger partial charge in [-0.05, 0) is 36.2 Å². The molecule has 5 nitrogen and oxygen atoms in total. The zero-order chi connectivity index (χ0) is 17.2. The van der Waals surface area contributed by atoms with Crippen LogP contribution < -0.4 is 10.1 Å². The molecule has 0 unspecified atom stereocenters. The summed E-state index contributed by atoms with van der Waals surface area (Å²) in [4.78, 5) is 14.1. The van der Waals surface area contributed by atoms with Gasteiger partial charge in [-0.1, -0.05) is 6.07 Å². The first-order valence-corrected chi connectivity index (χ1v) is 8.62. The predicted octanol–water partition coefficient (Wildman–Crippen LogP) is 4.04. The average molecular weight is 354 g/mol. The van der Waals surface area contributed by atoms with Gasteiger partial charge in [-0.2, -0.15) is 0 Å². The predicted molar refractivity (Wildman–Crippen MR) is 97.9 cm³/mol. The second-order valence-corrected chi connectivity index (χ2v) is 6.50. The summed E-state index contributed by atoms with van der Waals surface area (Å²) in [5, 5.41) is 4.36. The molecule has 0 fully saturated rings. The number of methoxy groups -OCH3 is 1. The number of anilines is 1. The Morgan fingerprint density at radius 3 is 2.96 bits per heavy atom. The Bertz CT molecular complexity index is 1050. The van der Waals surface area contributed by atoms with Gasteiger partial charge in [0, 0.05) is 18.1 Å².